The zero-order valence-electron chi connectivity index (χ0n) is 10.2. The predicted octanol–water partition coefficient (Wildman–Crippen LogP) is 2.21. The van der Waals surface area contributed by atoms with Crippen molar-refractivity contribution in [2.45, 2.75) is 11.8 Å². The maximum Gasteiger partial charge on any atom is 0.261 e. The fraction of sp³-hybridized carbons (Fsp3) is 0.0769. The van der Waals surface area contributed by atoms with Crippen molar-refractivity contribution in [3.05, 3.63) is 48.0 Å². The van der Waals surface area contributed by atoms with Crippen molar-refractivity contribution >= 4 is 15.7 Å². The normalized spacial score (nSPS) is 11.2. The van der Waals surface area contributed by atoms with E-state index in [9.17, 15) is 13.5 Å². The summed E-state index contributed by atoms with van der Waals surface area (Å²) in [7, 11) is -3.73. The molecule has 5 nitrogen and oxygen atoms in total. The van der Waals surface area contributed by atoms with Crippen LogP contribution in [0.25, 0.3) is 0 Å². The van der Waals surface area contributed by atoms with E-state index in [4.69, 9.17) is 5.11 Å². The average Bonchev–Trinajstić information content (AvgIpc) is 2.34. The fourth-order valence-electron chi connectivity index (χ4n) is 1.51. The number of aromatic hydroxyl groups is 2. The predicted molar refractivity (Wildman–Crippen MR) is 71.8 cm³/mol. The SMILES string of the molecule is Cc1ccc(NS(=O)(=O)c2ccc(O)cc2)cc1O. The zero-order valence-corrected chi connectivity index (χ0v) is 11.0. The molecule has 100 valence electrons. The van der Waals surface area contributed by atoms with Crippen LogP contribution in [0.4, 0.5) is 5.69 Å². The Labute approximate surface area is 111 Å². The van der Waals surface area contributed by atoms with Crippen LogP contribution in [0.1, 0.15) is 5.56 Å². The molecule has 2 aromatic rings. The van der Waals surface area contributed by atoms with Crippen LogP contribution in [0.15, 0.2) is 47.4 Å². The van der Waals surface area contributed by atoms with Gasteiger partial charge >= 0.3 is 0 Å². The topological polar surface area (TPSA) is 86.6 Å². The van der Waals surface area contributed by atoms with Gasteiger partial charge in [0.2, 0.25) is 0 Å². The first kappa shape index (κ1) is 13.2. The number of sulfonamides is 1. The molecule has 0 aliphatic carbocycles. The van der Waals surface area contributed by atoms with Crippen LogP contribution in [-0.2, 0) is 10.0 Å². The quantitative estimate of drug-likeness (QED) is 0.804. The molecule has 0 saturated carbocycles. The lowest BCUT2D eigenvalue weighted by Crippen LogP contribution is -2.12. The summed E-state index contributed by atoms with van der Waals surface area (Å²) in [6, 6.07) is 9.70. The Bertz CT molecular complexity index is 693. The van der Waals surface area contributed by atoms with E-state index in [1.807, 2.05) is 0 Å². The number of benzene rings is 2. The molecule has 3 N–H and O–H groups in total. The highest BCUT2D eigenvalue weighted by molar-refractivity contribution is 7.92. The minimum atomic E-state index is -3.73. The van der Waals surface area contributed by atoms with E-state index >= 15 is 0 Å². The van der Waals surface area contributed by atoms with E-state index in [0.29, 0.717) is 5.56 Å². The Kier molecular flexibility index (Phi) is 3.35. The van der Waals surface area contributed by atoms with Gasteiger partial charge in [-0.25, -0.2) is 8.42 Å². The molecule has 0 aliphatic heterocycles. The van der Waals surface area contributed by atoms with Gasteiger partial charge < -0.3 is 10.2 Å². The number of phenolic OH excluding ortho intramolecular Hbond substituents is 2. The van der Waals surface area contributed by atoms with Gasteiger partial charge in [0.1, 0.15) is 11.5 Å². The molecule has 0 saturated heterocycles. The molecule has 0 bridgehead atoms. The molecule has 19 heavy (non-hydrogen) atoms. The number of anilines is 1. The first-order chi connectivity index (χ1) is 8.88. The third-order valence-electron chi connectivity index (χ3n) is 2.61. The number of hydrogen-bond donors (Lipinski definition) is 3. The Morgan fingerprint density at radius 2 is 1.63 bits per heavy atom. The average molecular weight is 279 g/mol. The molecular weight excluding hydrogens is 266 g/mol. The Morgan fingerprint density at radius 1 is 1.00 bits per heavy atom. The van der Waals surface area contributed by atoms with Crippen molar-refractivity contribution in [1.29, 1.82) is 0 Å². The molecule has 0 unspecified atom stereocenters. The van der Waals surface area contributed by atoms with E-state index in [2.05, 4.69) is 4.72 Å². The van der Waals surface area contributed by atoms with Crippen LogP contribution in [-0.4, -0.2) is 18.6 Å². The van der Waals surface area contributed by atoms with Crippen molar-refractivity contribution in [2.75, 3.05) is 4.72 Å². The molecule has 0 atom stereocenters. The largest absolute Gasteiger partial charge is 0.508 e. The smallest absolute Gasteiger partial charge is 0.261 e. The van der Waals surface area contributed by atoms with Crippen LogP contribution in [0.5, 0.6) is 11.5 Å². The Hall–Kier alpha value is -2.21. The lowest BCUT2D eigenvalue weighted by atomic mass is 10.2. The second-order valence-electron chi connectivity index (χ2n) is 4.10. The first-order valence-electron chi connectivity index (χ1n) is 5.50. The summed E-state index contributed by atoms with van der Waals surface area (Å²) in [6.45, 7) is 1.72. The minimum Gasteiger partial charge on any atom is -0.508 e. The van der Waals surface area contributed by atoms with Crippen LogP contribution in [0, 0.1) is 6.92 Å². The molecule has 2 aromatic carbocycles. The van der Waals surface area contributed by atoms with E-state index in [1.54, 1.807) is 19.1 Å². The molecule has 0 fully saturated rings. The lowest BCUT2D eigenvalue weighted by molar-refractivity contribution is 0.471. The van der Waals surface area contributed by atoms with Gasteiger partial charge in [-0.05, 0) is 42.8 Å². The third-order valence-corrected chi connectivity index (χ3v) is 4.01. The molecule has 0 aliphatic rings. The van der Waals surface area contributed by atoms with E-state index < -0.39 is 10.0 Å². The third kappa shape index (κ3) is 2.97. The number of rotatable bonds is 3. The molecule has 2 rings (SSSR count). The highest BCUT2D eigenvalue weighted by Crippen LogP contribution is 2.23. The van der Waals surface area contributed by atoms with Gasteiger partial charge in [0.25, 0.3) is 10.0 Å². The van der Waals surface area contributed by atoms with Gasteiger partial charge in [0.05, 0.1) is 10.6 Å². The van der Waals surface area contributed by atoms with Crippen molar-refractivity contribution in [3.63, 3.8) is 0 Å². The highest BCUT2D eigenvalue weighted by atomic mass is 32.2. The van der Waals surface area contributed by atoms with Gasteiger partial charge in [-0.3, -0.25) is 4.72 Å². The number of hydrogen-bond acceptors (Lipinski definition) is 4. The summed E-state index contributed by atoms with van der Waals surface area (Å²) < 4.78 is 26.4. The molecule has 6 heteroatoms. The van der Waals surface area contributed by atoms with Crippen molar-refractivity contribution in [2.24, 2.45) is 0 Å². The van der Waals surface area contributed by atoms with Crippen LogP contribution in [0.3, 0.4) is 0 Å². The Morgan fingerprint density at radius 3 is 2.21 bits per heavy atom. The van der Waals surface area contributed by atoms with Crippen molar-refractivity contribution in [1.82, 2.24) is 0 Å². The first-order valence-corrected chi connectivity index (χ1v) is 6.98. The molecule has 0 heterocycles. The van der Waals surface area contributed by atoms with Gasteiger partial charge in [-0.2, -0.15) is 0 Å². The second-order valence-corrected chi connectivity index (χ2v) is 5.78. The van der Waals surface area contributed by atoms with Gasteiger partial charge in [-0.1, -0.05) is 6.07 Å². The summed E-state index contributed by atoms with van der Waals surface area (Å²) in [5.74, 6) is 0.0119. The van der Waals surface area contributed by atoms with Crippen LogP contribution < -0.4 is 4.72 Å². The maximum atomic E-state index is 12.0. The summed E-state index contributed by atoms with van der Waals surface area (Å²) in [5, 5.41) is 18.7. The van der Waals surface area contributed by atoms with Crippen LogP contribution >= 0.6 is 0 Å². The molecule has 0 amide bonds. The highest BCUT2D eigenvalue weighted by Gasteiger charge is 2.14. The summed E-state index contributed by atoms with van der Waals surface area (Å²) in [5.41, 5.74) is 0.934. The summed E-state index contributed by atoms with van der Waals surface area (Å²) >= 11 is 0. The van der Waals surface area contributed by atoms with Gasteiger partial charge in [0.15, 0.2) is 0 Å². The van der Waals surface area contributed by atoms with E-state index in [0.717, 1.165) is 0 Å². The van der Waals surface area contributed by atoms with Gasteiger partial charge in [-0.15, -0.1) is 0 Å². The molecular formula is C13H13NO4S. The summed E-state index contributed by atoms with van der Waals surface area (Å²) in [6.07, 6.45) is 0. The lowest BCUT2D eigenvalue weighted by Gasteiger charge is -2.09. The zero-order chi connectivity index (χ0) is 14.0. The van der Waals surface area contributed by atoms with E-state index in [1.165, 1.54) is 30.3 Å². The second kappa shape index (κ2) is 4.81. The van der Waals surface area contributed by atoms with Crippen molar-refractivity contribution in [3.8, 4) is 11.5 Å². The van der Waals surface area contributed by atoms with Gasteiger partial charge in [0, 0.05) is 6.07 Å². The minimum absolute atomic E-state index is 0.00747. The van der Waals surface area contributed by atoms with Crippen molar-refractivity contribution < 1.29 is 18.6 Å². The standard InChI is InChI=1S/C13H13NO4S/c1-9-2-3-10(8-13(9)16)14-19(17,18)12-6-4-11(15)5-7-12/h2-8,14-16H,1H3. The molecule has 0 aromatic heterocycles. The summed E-state index contributed by atoms with van der Waals surface area (Å²) in [4.78, 5) is 0.0327. The number of nitrogens with one attached hydrogen (secondary N) is 1. The van der Waals surface area contributed by atoms with E-state index in [-0.39, 0.29) is 22.1 Å². The maximum absolute atomic E-state index is 12.0. The molecule has 0 spiro atoms. The molecule has 0 radical (unpaired) electrons. The Balaban J connectivity index is 2.30. The monoisotopic (exact) mass is 279 g/mol. The number of phenols is 2. The number of aryl methyl sites for hydroxylation is 1. The van der Waals surface area contributed by atoms with Crippen LogP contribution in [0.2, 0.25) is 0 Å². The fourth-order valence-corrected chi connectivity index (χ4v) is 2.56.